The molecule has 26 heavy (non-hydrogen) atoms. The first-order valence-corrected chi connectivity index (χ1v) is 9.59. The summed E-state index contributed by atoms with van der Waals surface area (Å²) in [4.78, 5) is 11.5. The van der Waals surface area contributed by atoms with Gasteiger partial charge in [0.15, 0.2) is 0 Å². The molecule has 0 aromatic heterocycles. The van der Waals surface area contributed by atoms with Crippen molar-refractivity contribution >= 4 is 12.0 Å². The van der Waals surface area contributed by atoms with E-state index in [-0.39, 0.29) is 5.97 Å². The average Bonchev–Trinajstić information content (AvgIpc) is 2.71. The van der Waals surface area contributed by atoms with Gasteiger partial charge >= 0.3 is 5.97 Å². The normalized spacial score (nSPS) is 11.5. The van der Waals surface area contributed by atoms with Crippen molar-refractivity contribution in [3.05, 3.63) is 77.9 Å². The van der Waals surface area contributed by atoms with Crippen molar-refractivity contribution in [3.8, 4) is 0 Å². The van der Waals surface area contributed by atoms with Gasteiger partial charge < -0.3 is 4.74 Å². The molecule has 0 radical (unpaired) electrons. The van der Waals surface area contributed by atoms with Crippen LogP contribution in [0.2, 0.25) is 0 Å². The van der Waals surface area contributed by atoms with Gasteiger partial charge in [-0.15, -0.1) is 0 Å². The maximum Gasteiger partial charge on any atom is 0.331 e. The second-order valence-corrected chi connectivity index (χ2v) is 6.49. The molecule has 0 fully saturated rings. The third-order valence-corrected chi connectivity index (χ3v) is 4.18. The average molecular weight is 353 g/mol. The highest BCUT2D eigenvalue weighted by Gasteiger charge is 1.98. The minimum absolute atomic E-state index is 0.304. The van der Waals surface area contributed by atoms with Gasteiger partial charge in [0.1, 0.15) is 6.61 Å². The van der Waals surface area contributed by atoms with Crippen molar-refractivity contribution in [2.75, 3.05) is 0 Å². The van der Waals surface area contributed by atoms with Gasteiger partial charge in [-0.25, -0.2) is 4.79 Å². The molecular weight excluding hydrogens is 320 g/mol. The third kappa shape index (κ3) is 10.5. The Bertz CT molecular complexity index is 617. The molecule has 2 aromatic carbocycles. The predicted octanol–water partition coefficient (Wildman–Crippen LogP) is 6.67. The molecule has 0 saturated heterocycles. The maximum atomic E-state index is 11.5. The molecule has 0 aliphatic heterocycles. The van der Waals surface area contributed by atoms with Crippen molar-refractivity contribution in [2.45, 2.75) is 53.1 Å². The Hall–Kier alpha value is -2.35. The number of unbranched alkanes of at least 4 members (excludes halogenated alkanes) is 1. The molecule has 2 heteroatoms. The molecular formula is C24H32O2. The fourth-order valence-electron chi connectivity index (χ4n) is 2.26. The summed E-state index contributed by atoms with van der Waals surface area (Å²) in [6, 6.07) is 19.3. The molecule has 0 heterocycles. The van der Waals surface area contributed by atoms with Crippen molar-refractivity contribution in [3.63, 3.8) is 0 Å². The molecule has 0 spiro atoms. The number of benzene rings is 2. The van der Waals surface area contributed by atoms with E-state index in [1.807, 2.05) is 60.7 Å². The van der Waals surface area contributed by atoms with Gasteiger partial charge in [-0.1, -0.05) is 107 Å². The first-order valence-electron chi connectivity index (χ1n) is 9.59. The zero-order valence-corrected chi connectivity index (χ0v) is 16.4. The van der Waals surface area contributed by atoms with E-state index in [2.05, 4.69) is 20.8 Å². The maximum absolute atomic E-state index is 11.5. The number of carbonyl (C=O) groups excluding carboxylic acids is 1. The van der Waals surface area contributed by atoms with E-state index in [0.29, 0.717) is 6.61 Å². The van der Waals surface area contributed by atoms with Crippen LogP contribution in [0.5, 0.6) is 0 Å². The summed E-state index contributed by atoms with van der Waals surface area (Å²) in [5, 5.41) is 0. The molecule has 0 saturated carbocycles. The number of hydrogen-bond donors (Lipinski definition) is 0. The first-order chi connectivity index (χ1) is 12.7. The Morgan fingerprint density at radius 2 is 1.62 bits per heavy atom. The van der Waals surface area contributed by atoms with E-state index in [9.17, 15) is 4.79 Å². The molecule has 0 aliphatic rings. The van der Waals surface area contributed by atoms with E-state index in [4.69, 9.17) is 4.74 Å². The molecule has 0 aliphatic carbocycles. The molecule has 0 N–H and O–H groups in total. The van der Waals surface area contributed by atoms with E-state index in [1.54, 1.807) is 6.08 Å². The molecule has 1 unspecified atom stereocenters. The summed E-state index contributed by atoms with van der Waals surface area (Å²) >= 11 is 0. The van der Waals surface area contributed by atoms with E-state index in [0.717, 1.165) is 17.0 Å². The van der Waals surface area contributed by atoms with Gasteiger partial charge in [0.25, 0.3) is 0 Å². The lowest BCUT2D eigenvalue weighted by atomic mass is 10.0. The van der Waals surface area contributed by atoms with Gasteiger partial charge in [0.2, 0.25) is 0 Å². The predicted molar refractivity (Wildman–Crippen MR) is 111 cm³/mol. The van der Waals surface area contributed by atoms with Gasteiger partial charge in [0.05, 0.1) is 0 Å². The molecule has 2 nitrogen and oxygen atoms in total. The Morgan fingerprint density at radius 3 is 2.19 bits per heavy atom. The van der Waals surface area contributed by atoms with Crippen molar-refractivity contribution in [2.24, 2.45) is 5.92 Å². The van der Waals surface area contributed by atoms with Gasteiger partial charge in [-0.3, -0.25) is 0 Å². The quantitative estimate of drug-likeness (QED) is 0.392. The van der Waals surface area contributed by atoms with Crippen LogP contribution in [-0.2, 0) is 16.1 Å². The zero-order valence-electron chi connectivity index (χ0n) is 16.4. The summed E-state index contributed by atoms with van der Waals surface area (Å²) < 4.78 is 5.12. The topological polar surface area (TPSA) is 26.3 Å². The van der Waals surface area contributed by atoms with Crippen LogP contribution in [-0.4, -0.2) is 5.97 Å². The van der Waals surface area contributed by atoms with Crippen LogP contribution in [0.4, 0.5) is 0 Å². The monoisotopic (exact) mass is 352 g/mol. The van der Waals surface area contributed by atoms with Crippen LogP contribution in [0, 0.1) is 5.92 Å². The standard InChI is InChI=1S/C16H14O2.C8H18/c17-16(12-11-14-7-3-1-4-8-14)18-13-15-9-5-2-6-10-15;1-4-6-7-8(3)5-2/h1-12H,13H2;8H,4-7H2,1-3H3/b12-11+;. The molecule has 2 rings (SSSR count). The highest BCUT2D eigenvalue weighted by Crippen LogP contribution is 2.09. The molecule has 140 valence electrons. The van der Waals surface area contributed by atoms with E-state index in [1.165, 1.54) is 31.8 Å². The third-order valence-electron chi connectivity index (χ3n) is 4.18. The lowest BCUT2D eigenvalue weighted by Crippen LogP contribution is -2.00. The highest BCUT2D eigenvalue weighted by atomic mass is 16.5. The highest BCUT2D eigenvalue weighted by molar-refractivity contribution is 5.87. The number of carbonyl (C=O) groups is 1. The SMILES string of the molecule is CCCCC(C)CC.O=C(/C=C/c1ccccc1)OCc1ccccc1. The lowest BCUT2D eigenvalue weighted by molar-refractivity contribution is -0.138. The minimum atomic E-state index is -0.331. The lowest BCUT2D eigenvalue weighted by Gasteiger charge is -2.04. The van der Waals surface area contributed by atoms with Gasteiger partial charge in [-0.05, 0) is 23.1 Å². The second kappa shape index (κ2) is 13.9. The van der Waals surface area contributed by atoms with Gasteiger partial charge in [0, 0.05) is 6.08 Å². The zero-order chi connectivity index (χ0) is 19.0. The van der Waals surface area contributed by atoms with Crippen LogP contribution in [0.3, 0.4) is 0 Å². The van der Waals surface area contributed by atoms with Crippen LogP contribution in [0.25, 0.3) is 6.08 Å². The fraction of sp³-hybridized carbons (Fsp3) is 0.375. The first kappa shape index (κ1) is 21.7. The Labute approximate surface area is 158 Å². The van der Waals surface area contributed by atoms with E-state index < -0.39 is 0 Å². The molecule has 0 amide bonds. The fourth-order valence-corrected chi connectivity index (χ4v) is 2.26. The Balaban J connectivity index is 0.000000359. The van der Waals surface area contributed by atoms with Gasteiger partial charge in [-0.2, -0.15) is 0 Å². The van der Waals surface area contributed by atoms with Crippen molar-refractivity contribution in [1.82, 2.24) is 0 Å². The van der Waals surface area contributed by atoms with Crippen LogP contribution in [0.15, 0.2) is 66.7 Å². The minimum Gasteiger partial charge on any atom is -0.458 e. The Morgan fingerprint density at radius 1 is 1.00 bits per heavy atom. The summed E-state index contributed by atoms with van der Waals surface area (Å²) in [5.74, 6) is 0.623. The molecule has 1 atom stereocenters. The number of hydrogen-bond acceptors (Lipinski definition) is 2. The summed E-state index contributed by atoms with van der Waals surface area (Å²) in [5.41, 5.74) is 1.97. The summed E-state index contributed by atoms with van der Waals surface area (Å²) in [7, 11) is 0. The van der Waals surface area contributed by atoms with Crippen LogP contribution >= 0.6 is 0 Å². The largest absolute Gasteiger partial charge is 0.458 e. The summed E-state index contributed by atoms with van der Waals surface area (Å²) in [6.45, 7) is 7.15. The number of ether oxygens (including phenoxy) is 1. The molecule has 0 bridgehead atoms. The molecule has 2 aromatic rings. The van der Waals surface area contributed by atoms with E-state index >= 15 is 0 Å². The number of rotatable bonds is 8. The van der Waals surface area contributed by atoms with Crippen LogP contribution < -0.4 is 0 Å². The Kier molecular flexibility index (Phi) is 11.6. The smallest absolute Gasteiger partial charge is 0.331 e. The summed E-state index contributed by atoms with van der Waals surface area (Å²) in [6.07, 6.45) is 8.72. The van der Waals surface area contributed by atoms with Crippen LogP contribution in [0.1, 0.15) is 57.6 Å². The van der Waals surface area contributed by atoms with Crippen molar-refractivity contribution in [1.29, 1.82) is 0 Å². The number of esters is 1. The van der Waals surface area contributed by atoms with Crippen molar-refractivity contribution < 1.29 is 9.53 Å². The second-order valence-electron chi connectivity index (χ2n) is 6.49.